The number of aromatic hydroxyl groups is 1. The average Bonchev–Trinajstić information content (AvgIpc) is 2.94. The van der Waals surface area contributed by atoms with E-state index < -0.39 is 0 Å². The normalized spacial score (nSPS) is 11.8. The SMILES string of the molecule is COc1cc(/C=[NH+]/N=C(N)c2nonc2N)cc(OC)c1O. The fraction of sp³-hybridized carbons (Fsp3) is 0.167. The molecular formula is C12H15N6O4+. The molecule has 1 heterocycles. The van der Waals surface area contributed by atoms with E-state index in [0.717, 1.165) is 0 Å². The number of hydrazone groups is 1. The Labute approximate surface area is 125 Å². The highest BCUT2D eigenvalue weighted by molar-refractivity contribution is 5.98. The van der Waals surface area contributed by atoms with Gasteiger partial charge in [0.2, 0.25) is 17.8 Å². The summed E-state index contributed by atoms with van der Waals surface area (Å²) in [7, 11) is 2.87. The third-order valence-corrected chi connectivity index (χ3v) is 2.67. The van der Waals surface area contributed by atoms with Crippen molar-refractivity contribution in [1.82, 2.24) is 10.3 Å². The van der Waals surface area contributed by atoms with Crippen molar-refractivity contribution in [3.63, 3.8) is 0 Å². The van der Waals surface area contributed by atoms with Gasteiger partial charge in [-0.3, -0.25) is 0 Å². The molecule has 0 aliphatic heterocycles. The van der Waals surface area contributed by atoms with Crippen LogP contribution in [0.4, 0.5) is 5.82 Å². The molecule has 2 aromatic rings. The van der Waals surface area contributed by atoms with Crippen molar-refractivity contribution in [1.29, 1.82) is 0 Å². The van der Waals surface area contributed by atoms with Crippen LogP contribution in [0.2, 0.25) is 0 Å². The number of ether oxygens (including phenoxy) is 2. The Morgan fingerprint density at radius 3 is 2.45 bits per heavy atom. The highest BCUT2D eigenvalue weighted by atomic mass is 16.6. The van der Waals surface area contributed by atoms with E-state index in [9.17, 15) is 5.11 Å². The second-order valence-corrected chi connectivity index (χ2v) is 4.04. The van der Waals surface area contributed by atoms with Gasteiger partial charge in [-0.05, 0) is 22.4 Å². The van der Waals surface area contributed by atoms with E-state index >= 15 is 0 Å². The first-order valence-electron chi connectivity index (χ1n) is 6.02. The highest BCUT2D eigenvalue weighted by Crippen LogP contribution is 2.36. The predicted octanol–water partition coefficient (Wildman–Crippen LogP) is -1.81. The molecule has 0 spiro atoms. The lowest BCUT2D eigenvalue weighted by Gasteiger charge is -2.08. The molecule has 0 saturated heterocycles. The summed E-state index contributed by atoms with van der Waals surface area (Å²) in [6, 6.07) is 3.17. The average molecular weight is 307 g/mol. The van der Waals surface area contributed by atoms with Gasteiger partial charge in [-0.1, -0.05) is 0 Å². The van der Waals surface area contributed by atoms with E-state index in [-0.39, 0.29) is 34.6 Å². The Kier molecular flexibility index (Phi) is 4.41. The number of anilines is 1. The summed E-state index contributed by atoms with van der Waals surface area (Å²) in [5.74, 6) is 0.471. The third-order valence-electron chi connectivity index (χ3n) is 2.67. The van der Waals surface area contributed by atoms with Gasteiger partial charge in [0.1, 0.15) is 0 Å². The van der Waals surface area contributed by atoms with Gasteiger partial charge in [0, 0.05) is 10.7 Å². The first-order chi connectivity index (χ1) is 10.6. The molecular weight excluding hydrogens is 292 g/mol. The van der Waals surface area contributed by atoms with Crippen molar-refractivity contribution in [2.75, 3.05) is 20.0 Å². The summed E-state index contributed by atoms with van der Waals surface area (Å²) < 4.78 is 14.5. The van der Waals surface area contributed by atoms with Crippen molar-refractivity contribution in [2.24, 2.45) is 10.8 Å². The molecule has 2 rings (SSSR count). The van der Waals surface area contributed by atoms with Crippen LogP contribution in [0.15, 0.2) is 21.9 Å². The molecule has 0 radical (unpaired) electrons. The molecule has 10 heteroatoms. The van der Waals surface area contributed by atoms with Gasteiger partial charge in [0.25, 0.3) is 0 Å². The number of aromatic nitrogens is 2. The van der Waals surface area contributed by atoms with Gasteiger partial charge in [0.05, 0.1) is 14.2 Å². The Morgan fingerprint density at radius 2 is 1.95 bits per heavy atom. The largest absolute Gasteiger partial charge is 0.502 e. The number of benzene rings is 1. The molecule has 22 heavy (non-hydrogen) atoms. The molecule has 0 atom stereocenters. The lowest BCUT2D eigenvalue weighted by molar-refractivity contribution is -0.456. The number of hydrogen-bond acceptors (Lipinski definition) is 8. The van der Waals surface area contributed by atoms with Crippen molar-refractivity contribution >= 4 is 17.9 Å². The van der Waals surface area contributed by atoms with Crippen LogP contribution < -0.4 is 26.0 Å². The Morgan fingerprint density at radius 1 is 1.32 bits per heavy atom. The first kappa shape index (κ1) is 15.1. The molecule has 6 N–H and O–H groups in total. The molecule has 0 bridgehead atoms. The smallest absolute Gasteiger partial charge is 0.224 e. The van der Waals surface area contributed by atoms with Crippen LogP contribution in [0.3, 0.4) is 0 Å². The van der Waals surface area contributed by atoms with E-state index in [1.54, 1.807) is 12.1 Å². The summed E-state index contributed by atoms with van der Waals surface area (Å²) in [5.41, 5.74) is 11.9. The lowest BCUT2D eigenvalue weighted by atomic mass is 10.2. The number of methoxy groups -OCH3 is 2. The van der Waals surface area contributed by atoms with Crippen LogP contribution in [0.5, 0.6) is 17.2 Å². The number of phenols is 1. The summed E-state index contributed by atoms with van der Waals surface area (Å²) in [6.45, 7) is 0. The number of nitrogens with two attached hydrogens (primary N) is 2. The zero-order valence-electron chi connectivity index (χ0n) is 11.9. The standard InChI is InChI=1S/C12H14N6O4/c1-20-7-3-6(4-8(21-2)10(7)19)5-15-16-11(13)9-12(14)18-22-17-9/h3-5,19H,1-2H3,(H2,13,16)(H2,14,18)/p+1/b15-5+. The molecule has 1 aromatic carbocycles. The molecule has 0 unspecified atom stereocenters. The number of rotatable bonds is 5. The van der Waals surface area contributed by atoms with E-state index in [0.29, 0.717) is 5.56 Å². The third kappa shape index (κ3) is 3.06. The summed E-state index contributed by atoms with van der Waals surface area (Å²) in [6.07, 6.45) is 1.51. The number of nitrogen functional groups attached to an aromatic ring is 1. The minimum atomic E-state index is -0.0911. The molecule has 0 aliphatic carbocycles. The van der Waals surface area contributed by atoms with Crippen molar-refractivity contribution in [3.05, 3.63) is 23.4 Å². The first-order valence-corrected chi connectivity index (χ1v) is 6.02. The summed E-state index contributed by atoms with van der Waals surface area (Å²) in [4.78, 5) is 0. The Bertz CT molecular complexity index is 699. The number of amidine groups is 1. The van der Waals surface area contributed by atoms with Crippen LogP contribution in [-0.4, -0.2) is 41.7 Å². The van der Waals surface area contributed by atoms with E-state index in [2.05, 4.69) is 25.1 Å². The van der Waals surface area contributed by atoms with Gasteiger partial charge in [-0.2, -0.15) is 0 Å². The maximum atomic E-state index is 9.81. The molecule has 1 aromatic heterocycles. The Hall–Kier alpha value is -3.30. The molecule has 0 fully saturated rings. The van der Waals surface area contributed by atoms with Crippen molar-refractivity contribution in [2.45, 2.75) is 0 Å². The fourth-order valence-electron chi connectivity index (χ4n) is 1.60. The fourth-order valence-corrected chi connectivity index (χ4v) is 1.60. The maximum absolute atomic E-state index is 9.81. The zero-order chi connectivity index (χ0) is 16.1. The summed E-state index contributed by atoms with van der Waals surface area (Å²) in [5, 5.41) is 23.2. The second-order valence-electron chi connectivity index (χ2n) is 4.04. The van der Waals surface area contributed by atoms with Crippen LogP contribution in [0.1, 0.15) is 11.3 Å². The van der Waals surface area contributed by atoms with E-state index in [4.69, 9.17) is 20.9 Å². The molecule has 116 valence electrons. The predicted molar refractivity (Wildman–Crippen MR) is 76.8 cm³/mol. The van der Waals surface area contributed by atoms with Gasteiger partial charge in [-0.15, -0.1) is 5.10 Å². The zero-order valence-corrected chi connectivity index (χ0v) is 11.9. The number of nitrogens with zero attached hydrogens (tertiary/aromatic N) is 3. The quantitative estimate of drug-likeness (QED) is 0.286. The minimum Gasteiger partial charge on any atom is -0.502 e. The van der Waals surface area contributed by atoms with Crippen LogP contribution >= 0.6 is 0 Å². The number of hydrogen-bond donors (Lipinski definition) is 4. The molecule has 10 nitrogen and oxygen atoms in total. The monoisotopic (exact) mass is 307 g/mol. The van der Waals surface area contributed by atoms with Gasteiger partial charge >= 0.3 is 0 Å². The van der Waals surface area contributed by atoms with E-state index in [1.807, 2.05) is 0 Å². The van der Waals surface area contributed by atoms with Crippen LogP contribution in [0.25, 0.3) is 0 Å². The van der Waals surface area contributed by atoms with E-state index in [1.165, 1.54) is 20.4 Å². The highest BCUT2D eigenvalue weighted by Gasteiger charge is 2.13. The topological polar surface area (TPSA) is 156 Å². The number of nitrogens with one attached hydrogen (secondary N) is 1. The number of phenolic OH excluding ortho intramolecular Hbond substituents is 1. The van der Waals surface area contributed by atoms with Crippen molar-refractivity contribution in [3.8, 4) is 17.2 Å². The van der Waals surface area contributed by atoms with Crippen molar-refractivity contribution < 1.29 is 24.3 Å². The van der Waals surface area contributed by atoms with Gasteiger partial charge in [0.15, 0.2) is 23.0 Å². The molecule has 0 aliphatic rings. The molecule has 0 amide bonds. The van der Waals surface area contributed by atoms with Gasteiger partial charge < -0.3 is 26.0 Å². The molecule has 0 saturated carbocycles. The van der Waals surface area contributed by atoms with Gasteiger partial charge in [-0.25, -0.2) is 4.63 Å². The maximum Gasteiger partial charge on any atom is 0.224 e. The van der Waals surface area contributed by atoms with Crippen LogP contribution in [0, 0.1) is 0 Å². The minimum absolute atomic E-state index is 0.00714. The summed E-state index contributed by atoms with van der Waals surface area (Å²) >= 11 is 0. The van der Waals surface area contributed by atoms with Crippen LogP contribution in [-0.2, 0) is 0 Å². The Balaban J connectivity index is 2.25. The second kappa shape index (κ2) is 6.43. The lowest BCUT2D eigenvalue weighted by Crippen LogP contribution is -2.63.